The molecule has 28 heavy (non-hydrogen) atoms. The standard InChI is InChI=1S/C20H25N3O4S/c1-13-7-3-5-9-15(13)21-17(24)12-28-20-22-16-10-6-4-8-14(16)19(26)23(20)11-18(25)27-2/h4,6,8,10,13,15H,3,5,7,9,11-12H2,1-2H3,(H,21,24)/t13-,15-/m0/s1. The van der Waals surface area contributed by atoms with Gasteiger partial charge in [-0.3, -0.25) is 19.0 Å². The van der Waals surface area contributed by atoms with Crippen molar-refractivity contribution in [1.29, 1.82) is 0 Å². The summed E-state index contributed by atoms with van der Waals surface area (Å²) in [6.45, 7) is 1.92. The van der Waals surface area contributed by atoms with Crippen LogP contribution in [0.2, 0.25) is 0 Å². The Kier molecular flexibility index (Phi) is 6.72. The van der Waals surface area contributed by atoms with E-state index in [2.05, 4.69) is 17.2 Å². The fraction of sp³-hybridized carbons (Fsp3) is 0.500. The third kappa shape index (κ3) is 4.73. The van der Waals surface area contributed by atoms with Crippen molar-refractivity contribution < 1.29 is 14.3 Å². The van der Waals surface area contributed by atoms with Crippen LogP contribution >= 0.6 is 11.8 Å². The first kappa shape index (κ1) is 20.4. The molecule has 0 saturated heterocycles. The third-order valence-corrected chi connectivity index (χ3v) is 6.11. The highest BCUT2D eigenvalue weighted by Crippen LogP contribution is 2.24. The second-order valence-corrected chi connectivity index (χ2v) is 8.05. The molecule has 0 radical (unpaired) electrons. The van der Waals surface area contributed by atoms with Crippen molar-refractivity contribution in [2.45, 2.75) is 50.4 Å². The molecule has 1 N–H and O–H groups in total. The van der Waals surface area contributed by atoms with Gasteiger partial charge in [-0.15, -0.1) is 0 Å². The average Bonchev–Trinajstić information content (AvgIpc) is 2.70. The smallest absolute Gasteiger partial charge is 0.325 e. The summed E-state index contributed by atoms with van der Waals surface area (Å²) in [7, 11) is 1.27. The first-order valence-corrected chi connectivity index (χ1v) is 10.5. The molecule has 0 aliphatic heterocycles. The molecule has 1 aromatic heterocycles. The lowest BCUT2D eigenvalue weighted by atomic mass is 9.86. The normalized spacial score (nSPS) is 19.4. The SMILES string of the molecule is COC(=O)Cn1c(SCC(=O)N[C@H]2CCCC[C@@H]2C)nc2ccccc2c1=O. The Morgan fingerprint density at radius 1 is 1.29 bits per heavy atom. The van der Waals surface area contributed by atoms with Crippen LogP contribution in [0, 0.1) is 5.92 Å². The number of esters is 1. The van der Waals surface area contributed by atoms with E-state index >= 15 is 0 Å². The molecule has 0 bridgehead atoms. The molecule has 1 aromatic carbocycles. The fourth-order valence-electron chi connectivity index (χ4n) is 3.50. The van der Waals surface area contributed by atoms with Crippen LogP contribution in [0.4, 0.5) is 0 Å². The Balaban J connectivity index is 1.78. The fourth-order valence-corrected chi connectivity index (χ4v) is 4.31. The van der Waals surface area contributed by atoms with Crippen LogP contribution < -0.4 is 10.9 Å². The molecule has 1 amide bonds. The number of hydrogen-bond acceptors (Lipinski definition) is 6. The van der Waals surface area contributed by atoms with Gasteiger partial charge >= 0.3 is 5.97 Å². The summed E-state index contributed by atoms with van der Waals surface area (Å²) >= 11 is 1.16. The second kappa shape index (κ2) is 9.23. The third-order valence-electron chi connectivity index (χ3n) is 5.13. The number of amides is 1. The molecule has 1 aliphatic carbocycles. The second-order valence-electron chi connectivity index (χ2n) is 7.10. The van der Waals surface area contributed by atoms with Crippen molar-refractivity contribution in [3.8, 4) is 0 Å². The molecule has 2 aromatic rings. The Morgan fingerprint density at radius 3 is 2.79 bits per heavy atom. The van der Waals surface area contributed by atoms with Gasteiger partial charge in [-0.05, 0) is 30.9 Å². The Labute approximate surface area is 167 Å². The maximum absolute atomic E-state index is 12.8. The topological polar surface area (TPSA) is 90.3 Å². The van der Waals surface area contributed by atoms with E-state index < -0.39 is 5.97 Å². The predicted molar refractivity (Wildman–Crippen MR) is 108 cm³/mol. The van der Waals surface area contributed by atoms with E-state index in [0.717, 1.165) is 31.0 Å². The molecule has 1 heterocycles. The number of carbonyl (C=O) groups is 2. The molecule has 1 fully saturated rings. The maximum atomic E-state index is 12.8. The van der Waals surface area contributed by atoms with Crippen LogP contribution in [0.5, 0.6) is 0 Å². The zero-order valence-electron chi connectivity index (χ0n) is 16.1. The highest BCUT2D eigenvalue weighted by molar-refractivity contribution is 7.99. The lowest BCUT2D eigenvalue weighted by Gasteiger charge is -2.29. The number of aromatic nitrogens is 2. The van der Waals surface area contributed by atoms with Gasteiger partial charge < -0.3 is 10.1 Å². The molecule has 1 aliphatic rings. The van der Waals surface area contributed by atoms with E-state index in [-0.39, 0.29) is 29.8 Å². The van der Waals surface area contributed by atoms with E-state index in [1.807, 2.05) is 0 Å². The largest absolute Gasteiger partial charge is 0.468 e. The van der Waals surface area contributed by atoms with E-state index in [9.17, 15) is 14.4 Å². The lowest BCUT2D eigenvalue weighted by molar-refractivity contribution is -0.141. The number of ether oxygens (including phenoxy) is 1. The highest BCUT2D eigenvalue weighted by Gasteiger charge is 2.23. The van der Waals surface area contributed by atoms with Gasteiger partial charge in [-0.2, -0.15) is 0 Å². The lowest BCUT2D eigenvalue weighted by Crippen LogP contribution is -2.42. The number of hydrogen-bond donors (Lipinski definition) is 1. The minimum atomic E-state index is -0.540. The minimum Gasteiger partial charge on any atom is -0.468 e. The predicted octanol–water partition coefficient (Wildman–Crippen LogP) is 2.36. The van der Waals surface area contributed by atoms with Crippen molar-refractivity contribution in [1.82, 2.24) is 14.9 Å². The molecule has 8 heteroatoms. The molecule has 0 unspecified atom stereocenters. The van der Waals surface area contributed by atoms with Crippen molar-refractivity contribution in [2.24, 2.45) is 5.92 Å². The molecule has 150 valence electrons. The van der Waals surface area contributed by atoms with Gasteiger partial charge in [-0.25, -0.2) is 4.98 Å². The average molecular weight is 404 g/mol. The first-order chi connectivity index (χ1) is 13.5. The quantitative estimate of drug-likeness (QED) is 0.452. The van der Waals surface area contributed by atoms with E-state index in [1.54, 1.807) is 24.3 Å². The van der Waals surface area contributed by atoms with Crippen LogP contribution in [0.3, 0.4) is 0 Å². The minimum absolute atomic E-state index is 0.0872. The summed E-state index contributed by atoms with van der Waals surface area (Å²) in [6.07, 6.45) is 4.47. The Bertz CT molecular complexity index is 927. The van der Waals surface area contributed by atoms with E-state index in [4.69, 9.17) is 4.74 Å². The van der Waals surface area contributed by atoms with Crippen molar-refractivity contribution in [3.05, 3.63) is 34.6 Å². The van der Waals surface area contributed by atoms with E-state index in [1.165, 1.54) is 18.1 Å². The number of benzene rings is 1. The molecular formula is C20H25N3O4S. The van der Waals surface area contributed by atoms with E-state index in [0.29, 0.717) is 22.0 Å². The van der Waals surface area contributed by atoms with Crippen LogP contribution in [0.1, 0.15) is 32.6 Å². The first-order valence-electron chi connectivity index (χ1n) is 9.48. The van der Waals surface area contributed by atoms with Crippen LogP contribution in [-0.2, 0) is 20.9 Å². The summed E-state index contributed by atoms with van der Waals surface area (Å²) < 4.78 is 5.97. The van der Waals surface area contributed by atoms with Crippen molar-refractivity contribution in [3.63, 3.8) is 0 Å². The summed E-state index contributed by atoms with van der Waals surface area (Å²) in [6, 6.07) is 7.16. The Morgan fingerprint density at radius 2 is 2.04 bits per heavy atom. The molecule has 2 atom stereocenters. The molecular weight excluding hydrogens is 378 g/mol. The molecule has 0 spiro atoms. The zero-order valence-corrected chi connectivity index (χ0v) is 17.0. The van der Waals surface area contributed by atoms with Gasteiger partial charge in [0.2, 0.25) is 5.91 Å². The zero-order chi connectivity index (χ0) is 20.1. The van der Waals surface area contributed by atoms with Crippen LogP contribution in [-0.4, -0.2) is 40.3 Å². The number of carbonyl (C=O) groups excluding carboxylic acids is 2. The number of fused-ring (bicyclic) bond motifs is 1. The summed E-state index contributed by atoms with van der Waals surface area (Å²) in [4.78, 5) is 41.5. The maximum Gasteiger partial charge on any atom is 0.325 e. The van der Waals surface area contributed by atoms with Gasteiger partial charge in [0.25, 0.3) is 5.56 Å². The number of nitrogens with zero attached hydrogens (tertiary/aromatic N) is 2. The number of methoxy groups -OCH3 is 1. The Hall–Kier alpha value is -2.35. The van der Waals surface area contributed by atoms with Gasteiger partial charge in [0.15, 0.2) is 5.16 Å². The summed E-state index contributed by atoms with van der Waals surface area (Å²) in [5, 5.41) is 3.86. The van der Waals surface area contributed by atoms with Gasteiger partial charge in [0.1, 0.15) is 6.54 Å². The number of thioether (sulfide) groups is 1. The van der Waals surface area contributed by atoms with Crippen molar-refractivity contribution >= 4 is 34.5 Å². The molecule has 1 saturated carbocycles. The van der Waals surface area contributed by atoms with Gasteiger partial charge in [0.05, 0.1) is 23.8 Å². The van der Waals surface area contributed by atoms with Crippen molar-refractivity contribution in [2.75, 3.05) is 12.9 Å². The summed E-state index contributed by atoms with van der Waals surface area (Å²) in [5.41, 5.74) is 0.220. The van der Waals surface area contributed by atoms with Crippen LogP contribution in [0.15, 0.2) is 34.2 Å². The van der Waals surface area contributed by atoms with Gasteiger partial charge in [0, 0.05) is 6.04 Å². The molecule has 7 nitrogen and oxygen atoms in total. The molecule has 3 rings (SSSR count). The van der Waals surface area contributed by atoms with Crippen LogP contribution in [0.25, 0.3) is 10.9 Å². The monoisotopic (exact) mass is 403 g/mol. The number of para-hydroxylation sites is 1. The number of nitrogens with one attached hydrogen (secondary N) is 1. The highest BCUT2D eigenvalue weighted by atomic mass is 32.2. The van der Waals surface area contributed by atoms with Gasteiger partial charge in [-0.1, -0.05) is 43.7 Å². The number of rotatable bonds is 6. The summed E-state index contributed by atoms with van der Waals surface area (Å²) in [5.74, 6) is -0.0221.